The number of benzene rings is 1. The molecule has 90 valence electrons. The predicted octanol–water partition coefficient (Wildman–Crippen LogP) is 1.35. The molecule has 0 heterocycles. The van der Waals surface area contributed by atoms with E-state index in [1.807, 2.05) is 6.92 Å². The van der Waals surface area contributed by atoms with Crippen molar-refractivity contribution in [1.82, 2.24) is 5.32 Å². The van der Waals surface area contributed by atoms with Crippen LogP contribution in [-0.4, -0.2) is 28.0 Å². The molecule has 0 aliphatic carbocycles. The average molecular weight is 225 g/mol. The Bertz CT molecular complexity index is 328. The van der Waals surface area contributed by atoms with E-state index in [0.717, 1.165) is 12.8 Å². The van der Waals surface area contributed by atoms with Gasteiger partial charge in [0.25, 0.3) is 0 Å². The number of phenolic OH excluding ortho intramolecular Hbond substituents is 2. The highest BCUT2D eigenvalue weighted by Gasteiger charge is 2.06. The zero-order valence-electron chi connectivity index (χ0n) is 9.48. The number of rotatable bonds is 6. The van der Waals surface area contributed by atoms with Gasteiger partial charge in [-0.3, -0.25) is 0 Å². The minimum Gasteiger partial charge on any atom is -0.504 e. The Morgan fingerprint density at radius 1 is 1.31 bits per heavy atom. The lowest BCUT2D eigenvalue weighted by Gasteiger charge is -2.11. The number of hydrogen-bond acceptors (Lipinski definition) is 4. The molecule has 0 aromatic heterocycles. The summed E-state index contributed by atoms with van der Waals surface area (Å²) < 4.78 is 0. The molecule has 0 amide bonds. The second-order valence-corrected chi connectivity index (χ2v) is 3.86. The highest BCUT2D eigenvalue weighted by molar-refractivity contribution is 5.44. The van der Waals surface area contributed by atoms with E-state index in [1.54, 1.807) is 12.1 Å². The quantitative estimate of drug-likeness (QED) is 0.551. The van der Waals surface area contributed by atoms with Gasteiger partial charge in [0, 0.05) is 18.7 Å². The third kappa shape index (κ3) is 3.72. The smallest absolute Gasteiger partial charge is 0.161 e. The number of hydrogen-bond donors (Lipinski definition) is 4. The summed E-state index contributed by atoms with van der Waals surface area (Å²) in [6, 6.07) is 4.84. The normalized spacial score (nSPS) is 12.6. The molecule has 0 radical (unpaired) electrons. The summed E-state index contributed by atoms with van der Waals surface area (Å²) in [6.45, 7) is 2.94. The number of nitrogens with one attached hydrogen (secondary N) is 1. The first-order valence-electron chi connectivity index (χ1n) is 5.53. The van der Waals surface area contributed by atoms with Gasteiger partial charge < -0.3 is 20.6 Å². The van der Waals surface area contributed by atoms with Gasteiger partial charge in [0.05, 0.1) is 6.10 Å². The van der Waals surface area contributed by atoms with E-state index in [4.69, 9.17) is 0 Å². The van der Waals surface area contributed by atoms with Crippen molar-refractivity contribution >= 4 is 0 Å². The zero-order valence-corrected chi connectivity index (χ0v) is 9.48. The van der Waals surface area contributed by atoms with Crippen LogP contribution < -0.4 is 5.32 Å². The van der Waals surface area contributed by atoms with E-state index in [0.29, 0.717) is 18.7 Å². The van der Waals surface area contributed by atoms with Gasteiger partial charge in [0.15, 0.2) is 11.5 Å². The Labute approximate surface area is 95.6 Å². The van der Waals surface area contributed by atoms with Crippen molar-refractivity contribution in [3.8, 4) is 11.5 Å². The molecule has 0 fully saturated rings. The molecule has 4 nitrogen and oxygen atoms in total. The van der Waals surface area contributed by atoms with Crippen LogP contribution in [0.25, 0.3) is 0 Å². The SMILES string of the molecule is CCCC(O)CNCc1cccc(O)c1O. The molecule has 1 atom stereocenters. The highest BCUT2D eigenvalue weighted by Crippen LogP contribution is 2.27. The molecule has 16 heavy (non-hydrogen) atoms. The van der Waals surface area contributed by atoms with Gasteiger partial charge in [0.1, 0.15) is 0 Å². The Balaban J connectivity index is 2.40. The fourth-order valence-electron chi connectivity index (χ4n) is 1.53. The van der Waals surface area contributed by atoms with Crippen molar-refractivity contribution in [3.05, 3.63) is 23.8 Å². The number of aromatic hydroxyl groups is 2. The summed E-state index contributed by atoms with van der Waals surface area (Å²) >= 11 is 0. The first kappa shape index (κ1) is 12.8. The van der Waals surface area contributed by atoms with Crippen molar-refractivity contribution in [1.29, 1.82) is 0 Å². The van der Waals surface area contributed by atoms with Crippen LogP contribution in [0, 0.1) is 0 Å². The van der Waals surface area contributed by atoms with Crippen LogP contribution in [0.15, 0.2) is 18.2 Å². The van der Waals surface area contributed by atoms with Gasteiger partial charge >= 0.3 is 0 Å². The third-order valence-electron chi connectivity index (χ3n) is 2.42. The summed E-state index contributed by atoms with van der Waals surface area (Å²) in [5.74, 6) is -0.214. The summed E-state index contributed by atoms with van der Waals surface area (Å²) in [5, 5.41) is 31.3. The second kappa shape index (κ2) is 6.35. The molecule has 1 unspecified atom stereocenters. The first-order valence-corrected chi connectivity index (χ1v) is 5.53. The lowest BCUT2D eigenvalue weighted by molar-refractivity contribution is 0.160. The van der Waals surface area contributed by atoms with E-state index >= 15 is 0 Å². The lowest BCUT2D eigenvalue weighted by atomic mass is 10.1. The van der Waals surface area contributed by atoms with Gasteiger partial charge in [-0.25, -0.2) is 0 Å². The van der Waals surface area contributed by atoms with Crippen molar-refractivity contribution in [3.63, 3.8) is 0 Å². The number of aliphatic hydroxyl groups is 1. The Morgan fingerprint density at radius 2 is 2.06 bits per heavy atom. The summed E-state index contributed by atoms with van der Waals surface area (Å²) in [5.41, 5.74) is 0.628. The molecular formula is C12H19NO3. The molecule has 4 N–H and O–H groups in total. The summed E-state index contributed by atoms with van der Waals surface area (Å²) in [7, 11) is 0. The Morgan fingerprint density at radius 3 is 2.75 bits per heavy atom. The standard InChI is InChI=1S/C12H19NO3/c1-2-4-10(14)8-13-7-9-5-3-6-11(15)12(9)16/h3,5-6,10,13-16H,2,4,7-8H2,1H3. The van der Waals surface area contributed by atoms with Crippen molar-refractivity contribution < 1.29 is 15.3 Å². The molecule has 0 saturated carbocycles. The maximum Gasteiger partial charge on any atom is 0.161 e. The molecule has 1 aromatic rings. The summed E-state index contributed by atoms with van der Waals surface area (Å²) in [4.78, 5) is 0. The van der Waals surface area contributed by atoms with Crippen LogP contribution in [0.4, 0.5) is 0 Å². The largest absolute Gasteiger partial charge is 0.504 e. The molecule has 0 aliphatic rings. The first-order chi connectivity index (χ1) is 7.65. The van der Waals surface area contributed by atoms with Crippen molar-refractivity contribution in [2.75, 3.05) is 6.54 Å². The van der Waals surface area contributed by atoms with E-state index < -0.39 is 0 Å². The van der Waals surface area contributed by atoms with Crippen molar-refractivity contribution in [2.45, 2.75) is 32.4 Å². The van der Waals surface area contributed by atoms with Gasteiger partial charge in [0.2, 0.25) is 0 Å². The zero-order chi connectivity index (χ0) is 12.0. The minimum absolute atomic E-state index is 0.0972. The molecule has 0 aliphatic heterocycles. The molecule has 4 heteroatoms. The maximum absolute atomic E-state index is 9.51. The predicted molar refractivity (Wildman–Crippen MR) is 62.4 cm³/mol. The summed E-state index contributed by atoms with van der Waals surface area (Å²) in [6.07, 6.45) is 1.35. The molecule has 1 aromatic carbocycles. The number of phenols is 2. The van der Waals surface area contributed by atoms with Gasteiger partial charge in [-0.1, -0.05) is 25.5 Å². The average Bonchev–Trinajstić information content (AvgIpc) is 2.25. The topological polar surface area (TPSA) is 72.7 Å². The fourth-order valence-corrected chi connectivity index (χ4v) is 1.53. The van der Waals surface area contributed by atoms with Gasteiger partial charge in [-0.05, 0) is 12.5 Å². The Kier molecular flexibility index (Phi) is 5.08. The Hall–Kier alpha value is -1.26. The van der Waals surface area contributed by atoms with Crippen LogP contribution in [0.3, 0.4) is 0 Å². The minimum atomic E-state index is -0.357. The second-order valence-electron chi connectivity index (χ2n) is 3.86. The maximum atomic E-state index is 9.51. The molecule has 0 saturated heterocycles. The van der Waals surface area contributed by atoms with E-state index in [-0.39, 0.29) is 17.6 Å². The van der Waals surface area contributed by atoms with Gasteiger partial charge in [-0.2, -0.15) is 0 Å². The van der Waals surface area contributed by atoms with E-state index in [9.17, 15) is 15.3 Å². The lowest BCUT2D eigenvalue weighted by Crippen LogP contribution is -2.26. The fraction of sp³-hybridized carbons (Fsp3) is 0.500. The molecule has 0 spiro atoms. The van der Waals surface area contributed by atoms with Crippen molar-refractivity contribution in [2.24, 2.45) is 0 Å². The van der Waals surface area contributed by atoms with Crippen LogP contribution in [0.2, 0.25) is 0 Å². The molecular weight excluding hydrogens is 206 g/mol. The third-order valence-corrected chi connectivity index (χ3v) is 2.42. The van der Waals surface area contributed by atoms with Gasteiger partial charge in [-0.15, -0.1) is 0 Å². The molecule has 1 rings (SSSR count). The van der Waals surface area contributed by atoms with Crippen LogP contribution in [-0.2, 0) is 6.54 Å². The molecule has 0 bridgehead atoms. The number of aliphatic hydroxyl groups excluding tert-OH is 1. The van der Waals surface area contributed by atoms with E-state index in [2.05, 4.69) is 5.32 Å². The number of para-hydroxylation sites is 1. The van der Waals surface area contributed by atoms with Crippen LogP contribution in [0.1, 0.15) is 25.3 Å². The van der Waals surface area contributed by atoms with E-state index in [1.165, 1.54) is 6.07 Å². The monoisotopic (exact) mass is 225 g/mol. The highest BCUT2D eigenvalue weighted by atomic mass is 16.3. The van der Waals surface area contributed by atoms with Crippen LogP contribution in [0.5, 0.6) is 11.5 Å². The van der Waals surface area contributed by atoms with Crippen LogP contribution >= 0.6 is 0 Å².